The predicted octanol–water partition coefficient (Wildman–Crippen LogP) is 0.785. The van der Waals surface area contributed by atoms with E-state index in [2.05, 4.69) is 15.6 Å². The third kappa shape index (κ3) is 1.49. The second-order valence-corrected chi connectivity index (χ2v) is 4.04. The third-order valence-electron chi connectivity index (χ3n) is 3.05. The van der Waals surface area contributed by atoms with Crippen molar-refractivity contribution >= 4 is 11.9 Å². The first-order chi connectivity index (χ1) is 6.77. The minimum absolute atomic E-state index is 0.115. The fourth-order valence-corrected chi connectivity index (χ4v) is 2.29. The van der Waals surface area contributed by atoms with Crippen LogP contribution in [0.4, 0.5) is 0 Å². The minimum Gasteiger partial charge on any atom is -0.342 e. The van der Waals surface area contributed by atoms with Crippen LogP contribution in [0.3, 0.4) is 0 Å². The average molecular weight is 195 g/mol. The Morgan fingerprint density at radius 3 is 2.71 bits per heavy atom. The standard InChI is InChI=1S/C10H17N3O/c1-2-11-9-12-8(14)10(13-9)6-4-3-5-7-10/h2-7H2,1H3,(H2,11,12,13,14). The SMILES string of the molecule is CCN=C1NC(=O)C2(CCCCC2)N1. The molecular weight excluding hydrogens is 178 g/mol. The van der Waals surface area contributed by atoms with Crippen LogP contribution < -0.4 is 10.6 Å². The molecular formula is C10H17N3O. The lowest BCUT2D eigenvalue weighted by molar-refractivity contribution is -0.125. The highest BCUT2D eigenvalue weighted by atomic mass is 16.2. The van der Waals surface area contributed by atoms with Crippen LogP contribution in [0, 0.1) is 0 Å². The zero-order valence-corrected chi connectivity index (χ0v) is 8.60. The normalized spacial score (nSPS) is 27.8. The van der Waals surface area contributed by atoms with E-state index in [4.69, 9.17) is 0 Å². The van der Waals surface area contributed by atoms with Crippen molar-refractivity contribution in [1.82, 2.24) is 10.6 Å². The lowest BCUT2D eigenvalue weighted by Gasteiger charge is -2.30. The summed E-state index contributed by atoms with van der Waals surface area (Å²) in [5, 5.41) is 6.06. The van der Waals surface area contributed by atoms with Crippen LogP contribution in [0.15, 0.2) is 4.99 Å². The van der Waals surface area contributed by atoms with Crippen molar-refractivity contribution in [1.29, 1.82) is 0 Å². The van der Waals surface area contributed by atoms with Gasteiger partial charge in [0.2, 0.25) is 0 Å². The highest BCUT2D eigenvalue weighted by Crippen LogP contribution is 2.30. The molecule has 0 aromatic carbocycles. The van der Waals surface area contributed by atoms with E-state index in [1.165, 1.54) is 6.42 Å². The summed E-state index contributed by atoms with van der Waals surface area (Å²) >= 11 is 0. The summed E-state index contributed by atoms with van der Waals surface area (Å²) in [5.41, 5.74) is -0.327. The van der Waals surface area contributed by atoms with Gasteiger partial charge in [0.15, 0.2) is 5.96 Å². The number of guanidine groups is 1. The molecule has 14 heavy (non-hydrogen) atoms. The maximum atomic E-state index is 11.8. The van der Waals surface area contributed by atoms with Gasteiger partial charge in [0.25, 0.3) is 5.91 Å². The van der Waals surface area contributed by atoms with Gasteiger partial charge in [-0.25, -0.2) is 0 Å². The molecule has 0 atom stereocenters. The molecule has 78 valence electrons. The van der Waals surface area contributed by atoms with Crippen molar-refractivity contribution in [2.45, 2.75) is 44.6 Å². The fraction of sp³-hybridized carbons (Fsp3) is 0.800. The molecule has 1 amide bonds. The van der Waals surface area contributed by atoms with E-state index in [1.54, 1.807) is 0 Å². The molecule has 1 saturated heterocycles. The number of aliphatic imine (C=N–C) groups is 1. The topological polar surface area (TPSA) is 53.5 Å². The second kappa shape index (κ2) is 3.59. The van der Waals surface area contributed by atoms with Gasteiger partial charge in [-0.3, -0.25) is 15.1 Å². The summed E-state index contributed by atoms with van der Waals surface area (Å²) in [5.74, 6) is 0.781. The molecule has 2 aliphatic rings. The molecule has 2 fully saturated rings. The average Bonchev–Trinajstić information content (AvgIpc) is 2.45. The molecule has 1 aliphatic carbocycles. The number of carbonyl (C=O) groups is 1. The largest absolute Gasteiger partial charge is 0.342 e. The van der Waals surface area contributed by atoms with Crippen molar-refractivity contribution in [2.24, 2.45) is 4.99 Å². The first-order valence-electron chi connectivity index (χ1n) is 5.41. The van der Waals surface area contributed by atoms with Gasteiger partial charge in [-0.15, -0.1) is 0 Å². The molecule has 1 heterocycles. The van der Waals surface area contributed by atoms with Gasteiger partial charge in [-0.05, 0) is 19.8 Å². The van der Waals surface area contributed by atoms with Gasteiger partial charge in [-0.2, -0.15) is 0 Å². The van der Waals surface area contributed by atoms with E-state index in [1.807, 2.05) is 6.92 Å². The van der Waals surface area contributed by atoms with Gasteiger partial charge in [0.05, 0.1) is 0 Å². The number of nitrogens with zero attached hydrogens (tertiary/aromatic N) is 1. The molecule has 0 aromatic heterocycles. The summed E-state index contributed by atoms with van der Waals surface area (Å²) in [7, 11) is 0. The smallest absolute Gasteiger partial charge is 0.252 e. The molecule has 2 N–H and O–H groups in total. The van der Waals surface area contributed by atoms with E-state index >= 15 is 0 Å². The number of hydrogen-bond acceptors (Lipinski definition) is 2. The van der Waals surface area contributed by atoms with Crippen LogP contribution in [0.1, 0.15) is 39.0 Å². The van der Waals surface area contributed by atoms with Crippen molar-refractivity contribution in [3.8, 4) is 0 Å². The van der Waals surface area contributed by atoms with Gasteiger partial charge in [0.1, 0.15) is 5.54 Å². The summed E-state index contributed by atoms with van der Waals surface area (Å²) in [6.45, 7) is 2.67. The molecule has 1 aliphatic heterocycles. The van der Waals surface area contributed by atoms with Gasteiger partial charge in [-0.1, -0.05) is 19.3 Å². The number of carbonyl (C=O) groups excluding carboxylic acids is 1. The van der Waals surface area contributed by atoms with Crippen LogP contribution in [-0.4, -0.2) is 24.0 Å². The lowest BCUT2D eigenvalue weighted by Crippen LogP contribution is -2.48. The van der Waals surface area contributed by atoms with Gasteiger partial charge >= 0.3 is 0 Å². The van der Waals surface area contributed by atoms with Crippen LogP contribution in [0.25, 0.3) is 0 Å². The molecule has 0 unspecified atom stereocenters. The molecule has 4 heteroatoms. The molecule has 1 spiro atoms. The van der Waals surface area contributed by atoms with Crippen LogP contribution in [0.2, 0.25) is 0 Å². The first kappa shape index (κ1) is 9.49. The first-order valence-corrected chi connectivity index (χ1v) is 5.41. The Morgan fingerprint density at radius 2 is 2.07 bits per heavy atom. The maximum Gasteiger partial charge on any atom is 0.252 e. The Hall–Kier alpha value is -1.06. The van der Waals surface area contributed by atoms with Crippen molar-refractivity contribution in [3.63, 3.8) is 0 Å². The van der Waals surface area contributed by atoms with Gasteiger partial charge in [0, 0.05) is 6.54 Å². The van der Waals surface area contributed by atoms with Gasteiger partial charge < -0.3 is 5.32 Å². The zero-order valence-electron chi connectivity index (χ0n) is 8.60. The molecule has 4 nitrogen and oxygen atoms in total. The zero-order chi connectivity index (χ0) is 10.0. The number of hydrogen-bond donors (Lipinski definition) is 2. The quantitative estimate of drug-likeness (QED) is 0.649. The molecule has 1 saturated carbocycles. The van der Waals surface area contributed by atoms with E-state index in [0.717, 1.165) is 25.7 Å². The number of nitrogens with one attached hydrogen (secondary N) is 2. The highest BCUT2D eigenvalue weighted by Gasteiger charge is 2.45. The maximum absolute atomic E-state index is 11.8. The molecule has 0 aromatic rings. The molecule has 0 radical (unpaired) electrons. The van der Waals surface area contributed by atoms with Crippen molar-refractivity contribution in [2.75, 3.05) is 6.54 Å². The summed E-state index contributed by atoms with van der Waals surface area (Å²) in [6.07, 6.45) is 5.42. The summed E-state index contributed by atoms with van der Waals surface area (Å²) in [6, 6.07) is 0. The van der Waals surface area contributed by atoms with E-state index in [9.17, 15) is 4.79 Å². The Labute approximate surface area is 84.2 Å². The van der Waals surface area contributed by atoms with Crippen LogP contribution >= 0.6 is 0 Å². The molecule has 2 rings (SSSR count). The third-order valence-corrected chi connectivity index (χ3v) is 3.05. The summed E-state index contributed by atoms with van der Waals surface area (Å²) < 4.78 is 0. The van der Waals surface area contributed by atoms with Crippen LogP contribution in [0.5, 0.6) is 0 Å². The van der Waals surface area contributed by atoms with Crippen LogP contribution in [-0.2, 0) is 4.79 Å². The van der Waals surface area contributed by atoms with E-state index in [0.29, 0.717) is 12.5 Å². The Kier molecular flexibility index (Phi) is 2.44. The van der Waals surface area contributed by atoms with E-state index in [-0.39, 0.29) is 11.4 Å². The highest BCUT2D eigenvalue weighted by molar-refractivity contribution is 6.09. The van der Waals surface area contributed by atoms with Crippen molar-refractivity contribution in [3.05, 3.63) is 0 Å². The number of amides is 1. The Morgan fingerprint density at radius 1 is 1.36 bits per heavy atom. The fourth-order valence-electron chi connectivity index (χ4n) is 2.29. The number of rotatable bonds is 1. The van der Waals surface area contributed by atoms with Crippen molar-refractivity contribution < 1.29 is 4.79 Å². The minimum atomic E-state index is -0.327. The lowest BCUT2D eigenvalue weighted by atomic mass is 9.82. The predicted molar refractivity (Wildman–Crippen MR) is 55.1 cm³/mol. The Bertz CT molecular complexity index is 267. The molecule has 0 bridgehead atoms. The Balaban J connectivity index is 2.13. The summed E-state index contributed by atoms with van der Waals surface area (Å²) in [4.78, 5) is 16.0. The van der Waals surface area contributed by atoms with E-state index < -0.39 is 0 Å². The monoisotopic (exact) mass is 195 g/mol. The second-order valence-electron chi connectivity index (χ2n) is 4.04.